The molecule has 1 unspecified atom stereocenters. The number of nitrogens with zero attached hydrogens (tertiary/aromatic N) is 1. The molecule has 3 nitrogen and oxygen atoms in total. The van der Waals surface area contributed by atoms with Crippen molar-refractivity contribution in [2.45, 2.75) is 31.8 Å². The lowest BCUT2D eigenvalue weighted by molar-refractivity contribution is 0.136. The van der Waals surface area contributed by atoms with Crippen LogP contribution in [0.4, 0.5) is 0 Å². The average molecular weight is 262 g/mol. The summed E-state index contributed by atoms with van der Waals surface area (Å²) in [5, 5.41) is 3.44. The van der Waals surface area contributed by atoms with Crippen LogP contribution in [0.5, 0.6) is 0 Å². The number of methoxy groups -OCH3 is 1. The minimum Gasteiger partial charge on any atom is -0.383 e. The van der Waals surface area contributed by atoms with Gasteiger partial charge in [-0.15, -0.1) is 0 Å². The molecule has 0 radical (unpaired) electrons. The highest BCUT2D eigenvalue weighted by Crippen LogP contribution is 2.28. The van der Waals surface area contributed by atoms with Crippen LogP contribution in [-0.4, -0.2) is 44.8 Å². The SMILES string of the molecule is CNC(CN(CCOC)C1CC1)c1ccc(C)cc1. The highest BCUT2D eigenvalue weighted by Gasteiger charge is 2.30. The van der Waals surface area contributed by atoms with Crippen molar-refractivity contribution in [2.24, 2.45) is 0 Å². The molecule has 1 saturated carbocycles. The molecular formula is C16H26N2O. The van der Waals surface area contributed by atoms with E-state index in [2.05, 4.69) is 41.4 Å². The summed E-state index contributed by atoms with van der Waals surface area (Å²) < 4.78 is 5.22. The molecule has 19 heavy (non-hydrogen) atoms. The third-order valence-electron chi connectivity index (χ3n) is 3.89. The zero-order valence-corrected chi connectivity index (χ0v) is 12.4. The van der Waals surface area contributed by atoms with Gasteiger partial charge in [0.2, 0.25) is 0 Å². The van der Waals surface area contributed by atoms with E-state index in [0.29, 0.717) is 6.04 Å². The Hall–Kier alpha value is -0.900. The maximum Gasteiger partial charge on any atom is 0.0589 e. The van der Waals surface area contributed by atoms with Gasteiger partial charge in [0.25, 0.3) is 0 Å². The quantitative estimate of drug-likeness (QED) is 0.778. The number of rotatable bonds is 8. The third-order valence-corrected chi connectivity index (χ3v) is 3.89. The van der Waals surface area contributed by atoms with Gasteiger partial charge in [-0.25, -0.2) is 0 Å². The lowest BCUT2D eigenvalue weighted by Crippen LogP contribution is -2.37. The van der Waals surface area contributed by atoms with Gasteiger partial charge < -0.3 is 10.1 Å². The van der Waals surface area contributed by atoms with E-state index in [1.165, 1.54) is 24.0 Å². The third kappa shape index (κ3) is 4.30. The first-order chi connectivity index (χ1) is 9.24. The summed E-state index contributed by atoms with van der Waals surface area (Å²) in [4.78, 5) is 2.56. The molecule has 1 aromatic rings. The normalized spacial score (nSPS) is 16.8. The standard InChI is InChI=1S/C16H26N2O/c1-13-4-6-14(7-5-13)16(17-2)12-18(10-11-19-3)15-8-9-15/h4-7,15-17H,8-12H2,1-3H3. The molecule has 1 atom stereocenters. The van der Waals surface area contributed by atoms with E-state index in [1.807, 2.05) is 7.05 Å². The Morgan fingerprint density at radius 3 is 2.53 bits per heavy atom. The van der Waals surface area contributed by atoms with Gasteiger partial charge >= 0.3 is 0 Å². The van der Waals surface area contributed by atoms with Gasteiger partial charge in [-0.1, -0.05) is 29.8 Å². The maximum atomic E-state index is 5.22. The molecule has 1 aromatic carbocycles. The van der Waals surface area contributed by atoms with Gasteiger partial charge in [0.1, 0.15) is 0 Å². The number of nitrogens with one attached hydrogen (secondary N) is 1. The van der Waals surface area contributed by atoms with Crippen LogP contribution in [0.15, 0.2) is 24.3 Å². The predicted octanol–water partition coefficient (Wildman–Crippen LogP) is 2.37. The zero-order chi connectivity index (χ0) is 13.7. The minimum absolute atomic E-state index is 0.401. The summed E-state index contributed by atoms with van der Waals surface area (Å²) in [6.07, 6.45) is 2.68. The molecule has 0 aliphatic heterocycles. The summed E-state index contributed by atoms with van der Waals surface area (Å²) >= 11 is 0. The van der Waals surface area contributed by atoms with Crippen LogP contribution in [0.2, 0.25) is 0 Å². The highest BCUT2D eigenvalue weighted by molar-refractivity contribution is 5.24. The van der Waals surface area contributed by atoms with Crippen molar-refractivity contribution >= 4 is 0 Å². The Labute approximate surface area is 116 Å². The highest BCUT2D eigenvalue weighted by atomic mass is 16.5. The molecule has 1 N–H and O–H groups in total. The van der Waals surface area contributed by atoms with Crippen molar-refractivity contribution in [3.63, 3.8) is 0 Å². The molecule has 1 fully saturated rings. The van der Waals surface area contributed by atoms with E-state index in [1.54, 1.807) is 7.11 Å². The van der Waals surface area contributed by atoms with Crippen LogP contribution < -0.4 is 5.32 Å². The number of hydrogen-bond donors (Lipinski definition) is 1. The molecule has 3 heteroatoms. The first-order valence-electron chi connectivity index (χ1n) is 7.21. The Kier molecular flexibility index (Phi) is 5.37. The molecule has 0 spiro atoms. The first-order valence-corrected chi connectivity index (χ1v) is 7.21. The number of aryl methyl sites for hydroxylation is 1. The molecule has 0 aromatic heterocycles. The fourth-order valence-electron chi connectivity index (χ4n) is 2.47. The summed E-state index contributed by atoms with van der Waals surface area (Å²) in [6.45, 7) is 5.05. The van der Waals surface area contributed by atoms with Crippen LogP contribution in [0.3, 0.4) is 0 Å². The summed E-state index contributed by atoms with van der Waals surface area (Å²) in [5.74, 6) is 0. The fraction of sp³-hybridized carbons (Fsp3) is 0.625. The summed E-state index contributed by atoms with van der Waals surface area (Å²) in [6, 6.07) is 10.0. The predicted molar refractivity (Wildman–Crippen MR) is 79.5 cm³/mol. The van der Waals surface area contributed by atoms with Crippen LogP contribution in [0.25, 0.3) is 0 Å². The van der Waals surface area contributed by atoms with Crippen molar-refractivity contribution in [2.75, 3.05) is 33.9 Å². The number of likely N-dealkylation sites (N-methyl/N-ethyl adjacent to an activating group) is 1. The van der Waals surface area contributed by atoms with Crippen LogP contribution in [-0.2, 0) is 4.74 Å². The number of hydrogen-bond acceptors (Lipinski definition) is 3. The van der Waals surface area contributed by atoms with Crippen molar-refractivity contribution in [1.29, 1.82) is 0 Å². The van der Waals surface area contributed by atoms with Crippen molar-refractivity contribution in [3.8, 4) is 0 Å². The van der Waals surface area contributed by atoms with Crippen LogP contribution in [0, 0.1) is 6.92 Å². The summed E-state index contributed by atoms with van der Waals surface area (Å²) in [5.41, 5.74) is 2.69. The largest absolute Gasteiger partial charge is 0.383 e. The smallest absolute Gasteiger partial charge is 0.0589 e. The minimum atomic E-state index is 0.401. The van der Waals surface area contributed by atoms with E-state index in [0.717, 1.165) is 25.7 Å². The van der Waals surface area contributed by atoms with Crippen LogP contribution in [0.1, 0.15) is 30.0 Å². The molecule has 0 amide bonds. The molecule has 106 valence electrons. The molecule has 1 aliphatic rings. The van der Waals surface area contributed by atoms with Gasteiger partial charge in [0.05, 0.1) is 6.61 Å². The van der Waals surface area contributed by atoms with Gasteiger partial charge in [-0.05, 0) is 32.4 Å². The monoisotopic (exact) mass is 262 g/mol. The van der Waals surface area contributed by atoms with E-state index >= 15 is 0 Å². The lowest BCUT2D eigenvalue weighted by atomic mass is 10.0. The lowest BCUT2D eigenvalue weighted by Gasteiger charge is -2.27. The zero-order valence-electron chi connectivity index (χ0n) is 12.4. The van der Waals surface area contributed by atoms with Crippen LogP contribution >= 0.6 is 0 Å². The molecule has 0 saturated heterocycles. The van der Waals surface area contributed by atoms with Crippen molar-refractivity contribution in [3.05, 3.63) is 35.4 Å². The second kappa shape index (κ2) is 7.04. The second-order valence-electron chi connectivity index (χ2n) is 5.47. The van der Waals surface area contributed by atoms with Gasteiger partial charge in [-0.2, -0.15) is 0 Å². The van der Waals surface area contributed by atoms with E-state index in [4.69, 9.17) is 4.74 Å². The number of ether oxygens (including phenoxy) is 1. The van der Waals surface area contributed by atoms with E-state index in [-0.39, 0.29) is 0 Å². The fourth-order valence-corrected chi connectivity index (χ4v) is 2.47. The molecule has 0 bridgehead atoms. The molecular weight excluding hydrogens is 236 g/mol. The first kappa shape index (κ1) is 14.5. The topological polar surface area (TPSA) is 24.5 Å². The Bertz CT molecular complexity index is 373. The Morgan fingerprint density at radius 1 is 1.32 bits per heavy atom. The Balaban J connectivity index is 1.97. The Morgan fingerprint density at radius 2 is 2.00 bits per heavy atom. The van der Waals surface area contributed by atoms with E-state index < -0.39 is 0 Å². The average Bonchev–Trinajstić information content (AvgIpc) is 3.25. The molecule has 2 rings (SSSR count). The number of benzene rings is 1. The van der Waals surface area contributed by atoms with Gasteiger partial charge in [0, 0.05) is 32.3 Å². The van der Waals surface area contributed by atoms with Crippen molar-refractivity contribution in [1.82, 2.24) is 10.2 Å². The summed E-state index contributed by atoms with van der Waals surface area (Å²) in [7, 11) is 3.83. The molecule has 0 heterocycles. The van der Waals surface area contributed by atoms with Gasteiger partial charge in [-0.3, -0.25) is 4.90 Å². The van der Waals surface area contributed by atoms with E-state index in [9.17, 15) is 0 Å². The van der Waals surface area contributed by atoms with Crippen molar-refractivity contribution < 1.29 is 4.74 Å². The van der Waals surface area contributed by atoms with Gasteiger partial charge in [0.15, 0.2) is 0 Å². The maximum absolute atomic E-state index is 5.22. The molecule has 1 aliphatic carbocycles. The second-order valence-corrected chi connectivity index (χ2v) is 5.47.